The number of rotatable bonds is 6. The molecule has 0 aliphatic carbocycles. The number of likely N-dealkylation sites (tertiary alicyclic amines) is 1. The summed E-state index contributed by atoms with van der Waals surface area (Å²) in [5.41, 5.74) is 1.88. The van der Waals surface area contributed by atoms with Crippen LogP contribution in [0.2, 0.25) is 0 Å². The highest BCUT2D eigenvalue weighted by Gasteiger charge is 2.34. The van der Waals surface area contributed by atoms with Crippen molar-refractivity contribution in [2.45, 2.75) is 19.8 Å². The molecule has 1 atom stereocenters. The normalized spacial score (nSPS) is 16.3. The van der Waals surface area contributed by atoms with Gasteiger partial charge in [0.2, 0.25) is 11.8 Å². The summed E-state index contributed by atoms with van der Waals surface area (Å²) in [5.74, 6) is -1.27. The molecular weight excluding hydrogens is 365 g/mol. The molecule has 0 spiro atoms. The molecule has 1 heterocycles. The van der Waals surface area contributed by atoms with E-state index in [4.69, 9.17) is 0 Å². The third-order valence-corrected chi connectivity index (χ3v) is 4.86. The molecule has 1 saturated heterocycles. The molecule has 7 nitrogen and oxygen atoms in total. The molecule has 0 bridgehead atoms. The zero-order valence-corrected chi connectivity index (χ0v) is 15.4. The first-order chi connectivity index (χ1) is 13.3. The van der Waals surface area contributed by atoms with E-state index in [-0.39, 0.29) is 29.7 Å². The lowest BCUT2D eigenvalue weighted by molar-refractivity contribution is -0.384. The van der Waals surface area contributed by atoms with Crippen LogP contribution in [0.1, 0.15) is 17.5 Å². The Hall–Kier alpha value is -3.29. The predicted molar refractivity (Wildman–Crippen MR) is 101 cm³/mol. The molecule has 8 heteroatoms. The second-order valence-corrected chi connectivity index (χ2v) is 6.86. The maximum Gasteiger partial charge on any atom is 0.271 e. The lowest BCUT2D eigenvalue weighted by Gasteiger charge is -2.17. The van der Waals surface area contributed by atoms with Gasteiger partial charge in [-0.3, -0.25) is 19.7 Å². The van der Waals surface area contributed by atoms with E-state index >= 15 is 0 Å². The highest BCUT2D eigenvalue weighted by Crippen LogP contribution is 2.25. The van der Waals surface area contributed by atoms with Crippen LogP contribution in [0, 0.1) is 28.8 Å². The van der Waals surface area contributed by atoms with Gasteiger partial charge in [-0.15, -0.1) is 0 Å². The van der Waals surface area contributed by atoms with Crippen LogP contribution in [0.4, 0.5) is 15.8 Å². The van der Waals surface area contributed by atoms with Gasteiger partial charge in [-0.05, 0) is 36.6 Å². The van der Waals surface area contributed by atoms with Gasteiger partial charge in [0.05, 0.1) is 16.5 Å². The summed E-state index contributed by atoms with van der Waals surface area (Å²) >= 11 is 0. The minimum absolute atomic E-state index is 0.100. The van der Waals surface area contributed by atoms with E-state index in [1.54, 1.807) is 30.0 Å². The maximum absolute atomic E-state index is 13.0. The van der Waals surface area contributed by atoms with Crippen molar-refractivity contribution in [3.8, 4) is 0 Å². The fourth-order valence-electron chi connectivity index (χ4n) is 3.17. The van der Waals surface area contributed by atoms with Crippen molar-refractivity contribution >= 4 is 23.2 Å². The van der Waals surface area contributed by atoms with Crippen molar-refractivity contribution in [1.29, 1.82) is 0 Å². The molecule has 1 N–H and O–H groups in total. The number of nitrogens with zero attached hydrogens (tertiary/aromatic N) is 2. The van der Waals surface area contributed by atoms with Crippen LogP contribution in [-0.4, -0.2) is 34.7 Å². The summed E-state index contributed by atoms with van der Waals surface area (Å²) in [6.45, 7) is 2.48. The van der Waals surface area contributed by atoms with Crippen LogP contribution >= 0.6 is 0 Å². The van der Waals surface area contributed by atoms with Crippen LogP contribution in [0.25, 0.3) is 0 Å². The number of nitro benzene ring substituents is 1. The van der Waals surface area contributed by atoms with Crippen molar-refractivity contribution in [2.24, 2.45) is 5.92 Å². The van der Waals surface area contributed by atoms with Gasteiger partial charge < -0.3 is 10.2 Å². The SMILES string of the molecule is Cc1ccc([N+](=O)[O-])cc1NC(=O)[C@@H]1CC(=O)N(CCc2ccc(F)cc2)C1. The van der Waals surface area contributed by atoms with Crippen LogP contribution in [0.5, 0.6) is 0 Å². The number of hydrogen-bond donors (Lipinski definition) is 1. The zero-order chi connectivity index (χ0) is 20.3. The van der Waals surface area contributed by atoms with E-state index in [2.05, 4.69) is 5.32 Å². The van der Waals surface area contributed by atoms with Crippen molar-refractivity contribution in [3.63, 3.8) is 0 Å². The number of nitro groups is 1. The molecular formula is C20H20FN3O4. The number of carbonyl (C=O) groups excluding carboxylic acids is 2. The van der Waals surface area contributed by atoms with Crippen molar-refractivity contribution in [2.75, 3.05) is 18.4 Å². The number of hydrogen-bond acceptors (Lipinski definition) is 4. The van der Waals surface area contributed by atoms with Gasteiger partial charge in [-0.1, -0.05) is 18.2 Å². The molecule has 28 heavy (non-hydrogen) atoms. The fourth-order valence-corrected chi connectivity index (χ4v) is 3.17. The number of benzene rings is 2. The Labute approximate surface area is 161 Å². The molecule has 1 fully saturated rings. The highest BCUT2D eigenvalue weighted by molar-refractivity contribution is 5.97. The van der Waals surface area contributed by atoms with Crippen LogP contribution < -0.4 is 5.32 Å². The summed E-state index contributed by atoms with van der Waals surface area (Å²) in [4.78, 5) is 36.8. The van der Waals surface area contributed by atoms with E-state index in [9.17, 15) is 24.1 Å². The number of anilines is 1. The van der Waals surface area contributed by atoms with Crippen LogP contribution in [0.15, 0.2) is 42.5 Å². The molecule has 146 valence electrons. The Morgan fingerprint density at radius 1 is 1.29 bits per heavy atom. The van der Waals surface area contributed by atoms with Gasteiger partial charge in [0.25, 0.3) is 5.69 Å². The van der Waals surface area contributed by atoms with E-state index in [1.807, 2.05) is 0 Å². The van der Waals surface area contributed by atoms with Gasteiger partial charge in [0.15, 0.2) is 0 Å². The zero-order valence-electron chi connectivity index (χ0n) is 15.4. The first-order valence-corrected chi connectivity index (χ1v) is 8.91. The Morgan fingerprint density at radius 3 is 2.68 bits per heavy atom. The summed E-state index contributed by atoms with van der Waals surface area (Å²) in [6, 6.07) is 10.4. The lowest BCUT2D eigenvalue weighted by atomic mass is 10.1. The second kappa shape index (κ2) is 8.16. The molecule has 2 aromatic rings. The number of nitrogens with one attached hydrogen (secondary N) is 1. The predicted octanol–water partition coefficient (Wildman–Crippen LogP) is 3.07. The van der Waals surface area contributed by atoms with Gasteiger partial charge in [0, 0.05) is 31.6 Å². The molecule has 0 unspecified atom stereocenters. The van der Waals surface area contributed by atoms with Gasteiger partial charge in [-0.2, -0.15) is 0 Å². The average molecular weight is 385 g/mol. The largest absolute Gasteiger partial charge is 0.342 e. The van der Waals surface area contributed by atoms with Gasteiger partial charge in [0.1, 0.15) is 5.82 Å². The third kappa shape index (κ3) is 4.51. The van der Waals surface area contributed by atoms with Gasteiger partial charge in [-0.25, -0.2) is 4.39 Å². The number of carbonyl (C=O) groups is 2. The Morgan fingerprint density at radius 2 is 2.00 bits per heavy atom. The van der Waals surface area contributed by atoms with Crippen LogP contribution in [-0.2, 0) is 16.0 Å². The highest BCUT2D eigenvalue weighted by atomic mass is 19.1. The first-order valence-electron chi connectivity index (χ1n) is 8.91. The molecule has 0 aromatic heterocycles. The Kier molecular flexibility index (Phi) is 5.67. The Bertz CT molecular complexity index is 914. The minimum atomic E-state index is -0.522. The van der Waals surface area contributed by atoms with Crippen molar-refractivity contribution in [3.05, 3.63) is 69.5 Å². The molecule has 0 radical (unpaired) electrons. The van der Waals surface area contributed by atoms with Gasteiger partial charge >= 0.3 is 0 Å². The molecule has 1 aliphatic heterocycles. The van der Waals surface area contributed by atoms with E-state index < -0.39 is 10.8 Å². The topological polar surface area (TPSA) is 92.5 Å². The molecule has 2 aromatic carbocycles. The molecule has 2 amide bonds. The lowest BCUT2D eigenvalue weighted by Crippen LogP contribution is -2.30. The second-order valence-electron chi connectivity index (χ2n) is 6.86. The Balaban J connectivity index is 1.60. The maximum atomic E-state index is 13.0. The first kappa shape index (κ1) is 19.5. The van der Waals surface area contributed by atoms with Crippen molar-refractivity contribution in [1.82, 2.24) is 4.90 Å². The summed E-state index contributed by atoms with van der Waals surface area (Å²) in [5, 5.41) is 13.6. The monoisotopic (exact) mass is 385 g/mol. The standard InChI is InChI=1S/C20H20FN3O4/c1-13-2-7-17(24(27)28)11-18(13)22-20(26)15-10-19(25)23(12-15)9-8-14-3-5-16(21)6-4-14/h2-7,11,15H,8-10,12H2,1H3,(H,22,26)/t15-/m1/s1. The van der Waals surface area contributed by atoms with Crippen LogP contribution in [0.3, 0.4) is 0 Å². The number of non-ortho nitro benzene ring substituents is 1. The average Bonchev–Trinajstić information content (AvgIpc) is 3.04. The summed E-state index contributed by atoms with van der Waals surface area (Å²) < 4.78 is 13.0. The quantitative estimate of drug-likeness (QED) is 0.611. The fraction of sp³-hybridized carbons (Fsp3) is 0.300. The van der Waals surface area contributed by atoms with E-state index in [0.29, 0.717) is 30.8 Å². The molecule has 0 saturated carbocycles. The van der Waals surface area contributed by atoms with E-state index in [1.165, 1.54) is 24.3 Å². The molecule has 1 aliphatic rings. The number of aryl methyl sites for hydroxylation is 1. The third-order valence-electron chi connectivity index (χ3n) is 4.86. The number of amides is 2. The molecule has 3 rings (SSSR count). The smallest absolute Gasteiger partial charge is 0.271 e. The summed E-state index contributed by atoms with van der Waals surface area (Å²) in [6.07, 6.45) is 0.674. The van der Waals surface area contributed by atoms with Crippen molar-refractivity contribution < 1.29 is 18.9 Å². The number of halogens is 1. The minimum Gasteiger partial charge on any atom is -0.342 e. The van der Waals surface area contributed by atoms with E-state index in [0.717, 1.165) is 5.56 Å². The summed E-state index contributed by atoms with van der Waals surface area (Å²) in [7, 11) is 0.